The third kappa shape index (κ3) is 2.88. The molecule has 0 fully saturated rings. The van der Waals surface area contributed by atoms with Crippen LogP contribution in [0.1, 0.15) is 16.8 Å². The average Bonchev–Trinajstić information content (AvgIpc) is 2.35. The van der Waals surface area contributed by atoms with Crippen molar-refractivity contribution in [2.24, 2.45) is 0 Å². The van der Waals surface area contributed by atoms with Crippen LogP contribution < -0.4 is 0 Å². The summed E-state index contributed by atoms with van der Waals surface area (Å²) < 4.78 is 0. The molecule has 0 N–H and O–H groups in total. The van der Waals surface area contributed by atoms with Crippen LogP contribution in [0.25, 0.3) is 10.9 Å². The SMILES string of the molecule is CN(C)CCC(=O)c1cnc2ccccc2c1. The summed E-state index contributed by atoms with van der Waals surface area (Å²) >= 11 is 0. The monoisotopic (exact) mass is 228 g/mol. The van der Waals surface area contributed by atoms with E-state index in [1.165, 1.54) is 0 Å². The van der Waals surface area contributed by atoms with Crippen LogP contribution in [-0.4, -0.2) is 36.3 Å². The summed E-state index contributed by atoms with van der Waals surface area (Å²) in [6.45, 7) is 0.770. The smallest absolute Gasteiger partial charge is 0.165 e. The van der Waals surface area contributed by atoms with E-state index < -0.39 is 0 Å². The molecular formula is C14H16N2O. The highest BCUT2D eigenvalue weighted by atomic mass is 16.1. The topological polar surface area (TPSA) is 33.2 Å². The maximum Gasteiger partial charge on any atom is 0.165 e. The van der Waals surface area contributed by atoms with Crippen molar-refractivity contribution < 1.29 is 4.79 Å². The van der Waals surface area contributed by atoms with Crippen molar-refractivity contribution in [2.45, 2.75) is 6.42 Å². The Morgan fingerprint density at radius 1 is 1.29 bits per heavy atom. The number of nitrogens with zero attached hydrogens (tertiary/aromatic N) is 2. The number of ketones is 1. The van der Waals surface area contributed by atoms with E-state index in [9.17, 15) is 4.79 Å². The van der Waals surface area contributed by atoms with Gasteiger partial charge in [-0.3, -0.25) is 9.78 Å². The number of hydrogen-bond acceptors (Lipinski definition) is 3. The van der Waals surface area contributed by atoms with Gasteiger partial charge >= 0.3 is 0 Å². The van der Waals surface area contributed by atoms with Crippen molar-refractivity contribution in [3.05, 3.63) is 42.1 Å². The van der Waals surface area contributed by atoms with E-state index >= 15 is 0 Å². The van der Waals surface area contributed by atoms with Crippen LogP contribution in [-0.2, 0) is 0 Å². The second-order valence-electron chi connectivity index (χ2n) is 4.39. The van der Waals surface area contributed by atoms with Gasteiger partial charge in [0.15, 0.2) is 5.78 Å². The Labute approximate surface area is 101 Å². The minimum atomic E-state index is 0.150. The summed E-state index contributed by atoms with van der Waals surface area (Å²) in [6.07, 6.45) is 2.20. The number of rotatable bonds is 4. The molecule has 17 heavy (non-hydrogen) atoms. The largest absolute Gasteiger partial charge is 0.309 e. The predicted octanol–water partition coefficient (Wildman–Crippen LogP) is 2.37. The number of hydrogen-bond donors (Lipinski definition) is 0. The lowest BCUT2D eigenvalue weighted by molar-refractivity contribution is 0.0972. The van der Waals surface area contributed by atoms with Crippen LogP contribution in [0, 0.1) is 0 Å². The summed E-state index contributed by atoms with van der Waals surface area (Å²) in [6, 6.07) is 9.75. The van der Waals surface area contributed by atoms with E-state index in [4.69, 9.17) is 0 Å². The molecule has 0 saturated heterocycles. The first-order valence-corrected chi connectivity index (χ1v) is 5.69. The lowest BCUT2D eigenvalue weighted by Crippen LogP contribution is -2.16. The highest BCUT2D eigenvalue weighted by Gasteiger charge is 2.07. The van der Waals surface area contributed by atoms with Crippen LogP contribution in [0.4, 0.5) is 0 Å². The Bertz CT molecular complexity index is 534. The number of aromatic nitrogens is 1. The molecule has 0 aliphatic heterocycles. The molecule has 3 nitrogen and oxygen atoms in total. The molecule has 0 aliphatic carbocycles. The molecule has 2 aromatic rings. The molecule has 1 heterocycles. The number of pyridine rings is 1. The van der Waals surface area contributed by atoms with Crippen molar-refractivity contribution in [2.75, 3.05) is 20.6 Å². The highest BCUT2D eigenvalue weighted by Crippen LogP contribution is 2.13. The molecule has 3 heteroatoms. The summed E-state index contributed by atoms with van der Waals surface area (Å²) in [5.41, 5.74) is 1.63. The zero-order chi connectivity index (χ0) is 12.3. The number of benzene rings is 1. The molecule has 1 aromatic carbocycles. The van der Waals surface area contributed by atoms with Gasteiger partial charge < -0.3 is 4.90 Å². The van der Waals surface area contributed by atoms with Crippen molar-refractivity contribution in [1.29, 1.82) is 0 Å². The lowest BCUT2D eigenvalue weighted by atomic mass is 10.1. The van der Waals surface area contributed by atoms with Crippen molar-refractivity contribution in [3.8, 4) is 0 Å². The normalized spacial score (nSPS) is 11.0. The average molecular weight is 228 g/mol. The first kappa shape index (κ1) is 11.7. The number of Topliss-reactive ketones (excluding diaryl/α,β-unsaturated/α-hetero) is 1. The Balaban J connectivity index is 2.21. The zero-order valence-electron chi connectivity index (χ0n) is 10.2. The van der Waals surface area contributed by atoms with Gasteiger partial charge in [0, 0.05) is 30.1 Å². The van der Waals surface area contributed by atoms with Gasteiger partial charge in [0.25, 0.3) is 0 Å². The fourth-order valence-electron chi connectivity index (χ4n) is 1.69. The Morgan fingerprint density at radius 2 is 2.06 bits per heavy atom. The predicted molar refractivity (Wildman–Crippen MR) is 69.2 cm³/mol. The molecule has 1 aromatic heterocycles. The maximum absolute atomic E-state index is 11.9. The maximum atomic E-state index is 11.9. The molecule has 0 spiro atoms. The molecule has 2 rings (SSSR count). The van der Waals surface area contributed by atoms with Gasteiger partial charge in [-0.25, -0.2) is 0 Å². The third-order valence-corrected chi connectivity index (χ3v) is 2.70. The van der Waals surface area contributed by atoms with Gasteiger partial charge in [0.1, 0.15) is 0 Å². The lowest BCUT2D eigenvalue weighted by Gasteiger charge is -2.08. The van der Waals surface area contributed by atoms with Gasteiger partial charge in [0.2, 0.25) is 0 Å². The minimum Gasteiger partial charge on any atom is -0.309 e. The minimum absolute atomic E-state index is 0.150. The molecule has 88 valence electrons. The summed E-state index contributed by atoms with van der Waals surface area (Å²) in [4.78, 5) is 18.2. The Morgan fingerprint density at radius 3 is 2.82 bits per heavy atom. The first-order chi connectivity index (χ1) is 8.16. The van der Waals surface area contributed by atoms with Crippen LogP contribution in [0.15, 0.2) is 36.5 Å². The molecule has 0 saturated carbocycles. The van der Waals surface area contributed by atoms with Crippen LogP contribution in [0.5, 0.6) is 0 Å². The summed E-state index contributed by atoms with van der Waals surface area (Å²) in [5, 5.41) is 1.02. The number of carbonyl (C=O) groups excluding carboxylic acids is 1. The van der Waals surface area contributed by atoms with Gasteiger partial charge in [-0.2, -0.15) is 0 Å². The van der Waals surface area contributed by atoms with Crippen LogP contribution >= 0.6 is 0 Å². The van der Waals surface area contributed by atoms with Crippen molar-refractivity contribution in [3.63, 3.8) is 0 Å². The molecule has 0 unspecified atom stereocenters. The fourth-order valence-corrected chi connectivity index (χ4v) is 1.69. The standard InChI is InChI=1S/C14H16N2O/c1-16(2)8-7-14(17)12-9-11-5-3-4-6-13(11)15-10-12/h3-6,9-10H,7-8H2,1-2H3. The van der Waals surface area contributed by atoms with Crippen molar-refractivity contribution >= 4 is 16.7 Å². The number of carbonyl (C=O) groups is 1. The molecule has 0 aliphatic rings. The Hall–Kier alpha value is -1.74. The second kappa shape index (κ2) is 5.06. The van der Waals surface area contributed by atoms with Gasteiger partial charge in [-0.1, -0.05) is 18.2 Å². The Kier molecular flexibility index (Phi) is 3.49. The van der Waals surface area contributed by atoms with E-state index in [2.05, 4.69) is 4.98 Å². The fraction of sp³-hybridized carbons (Fsp3) is 0.286. The van der Waals surface area contributed by atoms with Crippen LogP contribution in [0.2, 0.25) is 0 Å². The summed E-state index contributed by atoms with van der Waals surface area (Å²) in [7, 11) is 3.93. The van der Waals surface area contributed by atoms with E-state index in [0.29, 0.717) is 12.0 Å². The first-order valence-electron chi connectivity index (χ1n) is 5.69. The third-order valence-electron chi connectivity index (χ3n) is 2.70. The molecule has 0 bridgehead atoms. The molecule has 0 amide bonds. The quantitative estimate of drug-likeness (QED) is 0.753. The molecule has 0 radical (unpaired) electrons. The van der Waals surface area contributed by atoms with E-state index in [0.717, 1.165) is 17.4 Å². The van der Waals surface area contributed by atoms with Crippen LogP contribution in [0.3, 0.4) is 0 Å². The van der Waals surface area contributed by atoms with E-state index in [1.807, 2.05) is 49.3 Å². The van der Waals surface area contributed by atoms with Gasteiger partial charge in [-0.15, -0.1) is 0 Å². The number of fused-ring (bicyclic) bond motifs is 1. The summed E-state index contributed by atoms with van der Waals surface area (Å²) in [5.74, 6) is 0.150. The zero-order valence-corrected chi connectivity index (χ0v) is 10.2. The molecule has 0 atom stereocenters. The highest BCUT2D eigenvalue weighted by molar-refractivity contribution is 5.98. The van der Waals surface area contributed by atoms with E-state index in [1.54, 1.807) is 6.20 Å². The van der Waals surface area contributed by atoms with E-state index in [-0.39, 0.29) is 5.78 Å². The van der Waals surface area contributed by atoms with Gasteiger partial charge in [-0.05, 0) is 26.2 Å². The number of para-hydroxylation sites is 1. The van der Waals surface area contributed by atoms with Gasteiger partial charge in [0.05, 0.1) is 5.52 Å². The second-order valence-corrected chi connectivity index (χ2v) is 4.39. The molecular weight excluding hydrogens is 212 g/mol. The van der Waals surface area contributed by atoms with Crippen molar-refractivity contribution in [1.82, 2.24) is 9.88 Å².